The van der Waals surface area contributed by atoms with Crippen LogP contribution in [0.5, 0.6) is 0 Å². The summed E-state index contributed by atoms with van der Waals surface area (Å²) in [5.74, 6) is 0. The standard InChI is InChI=1S/C15H28N2S/c1-6-17(7-2)15(3,4)14(16-5)9-8-13-10-11-18-12-13/h10-12,14,16H,6-9H2,1-5H3. The fraction of sp³-hybridized carbons (Fsp3) is 0.733. The average Bonchev–Trinajstić information content (AvgIpc) is 2.83. The van der Waals surface area contributed by atoms with E-state index in [0.717, 1.165) is 13.1 Å². The highest BCUT2D eigenvalue weighted by Gasteiger charge is 2.32. The normalized spacial score (nSPS) is 14.1. The van der Waals surface area contributed by atoms with Crippen LogP contribution in [-0.4, -0.2) is 36.6 Å². The summed E-state index contributed by atoms with van der Waals surface area (Å²) in [5.41, 5.74) is 1.67. The molecule has 0 saturated heterocycles. The van der Waals surface area contributed by atoms with E-state index in [4.69, 9.17) is 0 Å². The molecule has 0 saturated carbocycles. The molecule has 0 radical (unpaired) electrons. The van der Waals surface area contributed by atoms with Crippen LogP contribution < -0.4 is 5.32 Å². The van der Waals surface area contributed by atoms with E-state index in [1.165, 1.54) is 18.4 Å². The van der Waals surface area contributed by atoms with Crippen molar-refractivity contribution >= 4 is 11.3 Å². The van der Waals surface area contributed by atoms with Crippen molar-refractivity contribution in [3.8, 4) is 0 Å². The lowest BCUT2D eigenvalue weighted by atomic mass is 9.88. The number of hydrogen-bond acceptors (Lipinski definition) is 3. The van der Waals surface area contributed by atoms with Gasteiger partial charge in [0, 0.05) is 11.6 Å². The Morgan fingerprint density at radius 3 is 2.44 bits per heavy atom. The molecule has 0 fully saturated rings. The SMILES string of the molecule is CCN(CC)C(C)(C)C(CCc1ccsc1)NC. The van der Waals surface area contributed by atoms with E-state index in [0.29, 0.717) is 6.04 Å². The number of rotatable bonds is 8. The third-order valence-corrected chi connectivity index (χ3v) is 4.81. The van der Waals surface area contributed by atoms with Crippen LogP contribution in [0.2, 0.25) is 0 Å². The lowest BCUT2D eigenvalue weighted by Crippen LogP contribution is -2.57. The molecule has 0 aliphatic carbocycles. The highest BCUT2D eigenvalue weighted by atomic mass is 32.1. The van der Waals surface area contributed by atoms with Gasteiger partial charge in [-0.2, -0.15) is 11.3 Å². The van der Waals surface area contributed by atoms with Crippen LogP contribution in [0.1, 0.15) is 39.7 Å². The molecule has 0 amide bonds. The number of nitrogens with zero attached hydrogens (tertiary/aromatic N) is 1. The molecule has 3 heteroatoms. The Labute approximate surface area is 116 Å². The van der Waals surface area contributed by atoms with Gasteiger partial charge in [-0.3, -0.25) is 4.90 Å². The molecular formula is C15H28N2S. The van der Waals surface area contributed by atoms with Crippen molar-refractivity contribution in [3.05, 3.63) is 22.4 Å². The van der Waals surface area contributed by atoms with Gasteiger partial charge in [0.15, 0.2) is 0 Å². The van der Waals surface area contributed by atoms with Crippen molar-refractivity contribution in [2.75, 3.05) is 20.1 Å². The van der Waals surface area contributed by atoms with Crippen LogP contribution in [0, 0.1) is 0 Å². The maximum absolute atomic E-state index is 3.52. The topological polar surface area (TPSA) is 15.3 Å². The van der Waals surface area contributed by atoms with Gasteiger partial charge in [-0.25, -0.2) is 0 Å². The fourth-order valence-electron chi connectivity index (χ4n) is 2.86. The van der Waals surface area contributed by atoms with Gasteiger partial charge in [0.2, 0.25) is 0 Å². The summed E-state index contributed by atoms with van der Waals surface area (Å²) in [4.78, 5) is 2.54. The fourth-order valence-corrected chi connectivity index (χ4v) is 3.56. The third kappa shape index (κ3) is 3.81. The van der Waals surface area contributed by atoms with Gasteiger partial charge in [0.25, 0.3) is 0 Å². The van der Waals surface area contributed by atoms with Gasteiger partial charge in [-0.1, -0.05) is 13.8 Å². The summed E-state index contributed by atoms with van der Waals surface area (Å²) in [6.07, 6.45) is 2.36. The smallest absolute Gasteiger partial charge is 0.0306 e. The summed E-state index contributed by atoms with van der Waals surface area (Å²) in [5, 5.41) is 7.94. The van der Waals surface area contributed by atoms with Crippen LogP contribution >= 0.6 is 11.3 Å². The molecule has 0 aromatic carbocycles. The Hall–Kier alpha value is -0.380. The average molecular weight is 268 g/mol. The second-order valence-electron chi connectivity index (χ2n) is 5.34. The molecule has 0 bridgehead atoms. The zero-order chi connectivity index (χ0) is 13.6. The van der Waals surface area contributed by atoms with Gasteiger partial charge in [0.05, 0.1) is 0 Å². The summed E-state index contributed by atoms with van der Waals surface area (Å²) >= 11 is 1.79. The Kier molecular flexibility index (Phi) is 6.33. The maximum Gasteiger partial charge on any atom is 0.0306 e. The largest absolute Gasteiger partial charge is 0.315 e. The summed E-state index contributed by atoms with van der Waals surface area (Å²) in [6.45, 7) is 11.4. The Balaban J connectivity index is 2.63. The molecule has 104 valence electrons. The van der Waals surface area contributed by atoms with Crippen LogP contribution in [-0.2, 0) is 6.42 Å². The minimum Gasteiger partial charge on any atom is -0.315 e. The van der Waals surface area contributed by atoms with Gasteiger partial charge < -0.3 is 5.32 Å². The van der Waals surface area contributed by atoms with Gasteiger partial charge in [-0.05, 0) is 69.2 Å². The van der Waals surface area contributed by atoms with Crippen molar-refractivity contribution in [3.63, 3.8) is 0 Å². The second kappa shape index (κ2) is 7.27. The molecule has 2 nitrogen and oxygen atoms in total. The molecule has 0 spiro atoms. The van der Waals surface area contributed by atoms with E-state index in [1.807, 2.05) is 0 Å². The lowest BCUT2D eigenvalue weighted by molar-refractivity contribution is 0.0909. The zero-order valence-electron chi connectivity index (χ0n) is 12.5. The van der Waals surface area contributed by atoms with E-state index in [2.05, 4.69) is 61.8 Å². The predicted octanol–water partition coefficient (Wildman–Crippen LogP) is 3.39. The second-order valence-corrected chi connectivity index (χ2v) is 6.12. The highest BCUT2D eigenvalue weighted by molar-refractivity contribution is 7.07. The molecule has 1 unspecified atom stereocenters. The van der Waals surface area contributed by atoms with Gasteiger partial charge in [0.1, 0.15) is 0 Å². The van der Waals surface area contributed by atoms with Crippen LogP contribution in [0.15, 0.2) is 16.8 Å². The highest BCUT2D eigenvalue weighted by Crippen LogP contribution is 2.22. The minimum absolute atomic E-state index is 0.203. The summed E-state index contributed by atoms with van der Waals surface area (Å²) in [7, 11) is 2.09. The van der Waals surface area contributed by atoms with Gasteiger partial charge in [-0.15, -0.1) is 0 Å². The first kappa shape index (κ1) is 15.7. The van der Waals surface area contributed by atoms with Crippen LogP contribution in [0.25, 0.3) is 0 Å². The number of likely N-dealkylation sites (N-methyl/N-ethyl adjacent to an activating group) is 2. The molecule has 1 atom stereocenters. The molecule has 1 aromatic heterocycles. The molecule has 1 aromatic rings. The Morgan fingerprint density at radius 2 is 2.00 bits per heavy atom. The lowest BCUT2D eigenvalue weighted by Gasteiger charge is -2.43. The molecular weight excluding hydrogens is 240 g/mol. The maximum atomic E-state index is 3.52. The molecule has 18 heavy (non-hydrogen) atoms. The van der Waals surface area contributed by atoms with Crippen LogP contribution in [0.3, 0.4) is 0 Å². The predicted molar refractivity (Wildman–Crippen MR) is 82.5 cm³/mol. The summed E-state index contributed by atoms with van der Waals surface area (Å²) < 4.78 is 0. The Bertz CT molecular complexity index is 315. The van der Waals surface area contributed by atoms with Crippen molar-refractivity contribution in [2.45, 2.75) is 52.1 Å². The first-order valence-corrected chi connectivity index (χ1v) is 7.93. The monoisotopic (exact) mass is 268 g/mol. The van der Waals surface area contributed by atoms with Crippen molar-refractivity contribution < 1.29 is 0 Å². The van der Waals surface area contributed by atoms with Crippen LogP contribution in [0.4, 0.5) is 0 Å². The molecule has 0 aliphatic heterocycles. The van der Waals surface area contributed by atoms with E-state index < -0.39 is 0 Å². The number of aryl methyl sites for hydroxylation is 1. The zero-order valence-corrected chi connectivity index (χ0v) is 13.3. The molecule has 1 heterocycles. The van der Waals surface area contributed by atoms with Gasteiger partial charge >= 0.3 is 0 Å². The molecule has 1 N–H and O–H groups in total. The van der Waals surface area contributed by atoms with E-state index in [-0.39, 0.29) is 5.54 Å². The van der Waals surface area contributed by atoms with Crippen molar-refractivity contribution in [2.24, 2.45) is 0 Å². The minimum atomic E-state index is 0.203. The van der Waals surface area contributed by atoms with Crippen molar-refractivity contribution in [1.29, 1.82) is 0 Å². The third-order valence-electron chi connectivity index (χ3n) is 4.08. The number of thiophene rings is 1. The van der Waals surface area contributed by atoms with Crippen molar-refractivity contribution in [1.82, 2.24) is 10.2 Å². The molecule has 1 rings (SSSR count). The first-order valence-electron chi connectivity index (χ1n) is 6.99. The van der Waals surface area contributed by atoms with E-state index in [9.17, 15) is 0 Å². The summed E-state index contributed by atoms with van der Waals surface area (Å²) in [6, 6.07) is 2.76. The van der Waals surface area contributed by atoms with E-state index in [1.54, 1.807) is 11.3 Å². The Morgan fingerprint density at radius 1 is 1.33 bits per heavy atom. The number of hydrogen-bond donors (Lipinski definition) is 1. The number of nitrogens with one attached hydrogen (secondary N) is 1. The van der Waals surface area contributed by atoms with E-state index >= 15 is 0 Å². The quantitative estimate of drug-likeness (QED) is 0.777. The molecule has 0 aliphatic rings. The first-order chi connectivity index (χ1) is 8.56.